The van der Waals surface area contributed by atoms with Crippen molar-refractivity contribution in [1.82, 2.24) is 10.6 Å². The van der Waals surface area contributed by atoms with E-state index in [1.807, 2.05) is 0 Å². The number of hydrogen-bond donors (Lipinski definition) is 2. The first-order valence-electron chi connectivity index (χ1n) is 7.01. The summed E-state index contributed by atoms with van der Waals surface area (Å²) in [6.45, 7) is 1.80. The Labute approximate surface area is 124 Å². The molecule has 1 aliphatic heterocycles. The van der Waals surface area contributed by atoms with Gasteiger partial charge in [0.25, 0.3) is 5.91 Å². The van der Waals surface area contributed by atoms with Crippen LogP contribution in [0.5, 0.6) is 17.2 Å². The first-order chi connectivity index (χ1) is 10.2. The van der Waals surface area contributed by atoms with Crippen LogP contribution >= 0.6 is 0 Å². The molecule has 1 atom stereocenters. The van der Waals surface area contributed by atoms with Gasteiger partial charge in [-0.3, -0.25) is 4.79 Å². The fraction of sp³-hybridized carbons (Fsp3) is 0.533. The molecule has 6 nitrogen and oxygen atoms in total. The minimum absolute atomic E-state index is 0.143. The predicted octanol–water partition coefficient (Wildman–Crippen LogP) is 1.19. The molecular weight excluding hydrogens is 272 g/mol. The largest absolute Gasteiger partial charge is 0.493 e. The molecule has 6 heteroatoms. The van der Waals surface area contributed by atoms with Crippen LogP contribution in [-0.4, -0.2) is 46.4 Å². The third-order valence-corrected chi connectivity index (χ3v) is 3.58. The lowest BCUT2D eigenvalue weighted by molar-refractivity contribution is 0.0927. The molecule has 0 saturated carbocycles. The number of methoxy groups -OCH3 is 3. The summed E-state index contributed by atoms with van der Waals surface area (Å²) < 4.78 is 15.9. The SMILES string of the molecule is COc1ccc(C(=O)N[C@H]2CCCNC2)c(OC)c1OC. The Bertz CT molecular complexity index is 499. The monoisotopic (exact) mass is 294 g/mol. The number of rotatable bonds is 5. The third kappa shape index (κ3) is 3.39. The molecule has 1 amide bonds. The van der Waals surface area contributed by atoms with E-state index in [1.165, 1.54) is 14.2 Å². The van der Waals surface area contributed by atoms with E-state index in [1.54, 1.807) is 19.2 Å². The van der Waals surface area contributed by atoms with Gasteiger partial charge in [-0.1, -0.05) is 0 Å². The lowest BCUT2D eigenvalue weighted by Gasteiger charge is -2.24. The van der Waals surface area contributed by atoms with Crippen LogP contribution in [0.4, 0.5) is 0 Å². The summed E-state index contributed by atoms with van der Waals surface area (Å²) in [5, 5.41) is 6.29. The van der Waals surface area contributed by atoms with Gasteiger partial charge in [-0.05, 0) is 31.5 Å². The van der Waals surface area contributed by atoms with Crippen molar-refractivity contribution in [2.24, 2.45) is 0 Å². The Morgan fingerprint density at radius 2 is 1.95 bits per heavy atom. The van der Waals surface area contributed by atoms with Crippen LogP contribution in [0, 0.1) is 0 Å². The van der Waals surface area contributed by atoms with Crippen LogP contribution in [0.1, 0.15) is 23.2 Å². The topological polar surface area (TPSA) is 68.8 Å². The molecule has 0 unspecified atom stereocenters. The molecule has 1 aromatic carbocycles. The number of piperidine rings is 1. The standard InChI is InChI=1S/C15H22N2O4/c1-19-12-7-6-11(13(20-2)14(12)21-3)15(18)17-10-5-4-8-16-9-10/h6-7,10,16H,4-5,8-9H2,1-3H3,(H,17,18)/t10-/m0/s1. The summed E-state index contributed by atoms with van der Waals surface area (Å²) in [5.41, 5.74) is 0.445. The zero-order valence-electron chi connectivity index (χ0n) is 12.7. The summed E-state index contributed by atoms with van der Waals surface area (Å²) in [7, 11) is 4.58. The van der Waals surface area contributed by atoms with E-state index in [0.717, 1.165) is 25.9 Å². The molecule has 0 bridgehead atoms. The lowest BCUT2D eigenvalue weighted by atomic mass is 10.1. The van der Waals surface area contributed by atoms with E-state index in [9.17, 15) is 4.79 Å². The van der Waals surface area contributed by atoms with Crippen molar-refractivity contribution in [1.29, 1.82) is 0 Å². The highest BCUT2D eigenvalue weighted by molar-refractivity contribution is 5.98. The quantitative estimate of drug-likeness (QED) is 0.854. The first-order valence-corrected chi connectivity index (χ1v) is 7.01. The molecule has 1 aromatic rings. The molecule has 1 aliphatic rings. The Hall–Kier alpha value is -1.95. The molecule has 21 heavy (non-hydrogen) atoms. The van der Waals surface area contributed by atoms with Crippen LogP contribution in [0.2, 0.25) is 0 Å². The van der Waals surface area contributed by atoms with E-state index in [-0.39, 0.29) is 11.9 Å². The number of amides is 1. The molecule has 1 fully saturated rings. The van der Waals surface area contributed by atoms with Gasteiger partial charge in [-0.15, -0.1) is 0 Å². The fourth-order valence-electron chi connectivity index (χ4n) is 2.52. The van der Waals surface area contributed by atoms with Gasteiger partial charge in [0.05, 0.1) is 26.9 Å². The summed E-state index contributed by atoms with van der Waals surface area (Å²) in [6.07, 6.45) is 2.04. The Morgan fingerprint density at radius 1 is 1.19 bits per heavy atom. The van der Waals surface area contributed by atoms with Crippen molar-refractivity contribution in [3.8, 4) is 17.2 Å². The summed E-state index contributed by atoms with van der Waals surface area (Å²) in [6, 6.07) is 3.53. The second-order valence-electron chi connectivity index (χ2n) is 4.90. The van der Waals surface area contributed by atoms with Gasteiger partial charge in [0.15, 0.2) is 11.5 Å². The molecule has 2 N–H and O–H groups in total. The minimum atomic E-state index is -0.165. The maximum Gasteiger partial charge on any atom is 0.255 e. The summed E-state index contributed by atoms with van der Waals surface area (Å²) in [4.78, 5) is 12.4. The number of benzene rings is 1. The molecule has 1 heterocycles. The smallest absolute Gasteiger partial charge is 0.255 e. The Kier molecular flexibility index (Phi) is 5.27. The van der Waals surface area contributed by atoms with Crippen LogP contribution in [-0.2, 0) is 0 Å². The lowest BCUT2D eigenvalue weighted by Crippen LogP contribution is -2.45. The maximum atomic E-state index is 12.4. The molecule has 2 rings (SSSR count). The van der Waals surface area contributed by atoms with E-state index < -0.39 is 0 Å². The molecule has 1 saturated heterocycles. The minimum Gasteiger partial charge on any atom is -0.493 e. The van der Waals surface area contributed by atoms with Crippen molar-refractivity contribution >= 4 is 5.91 Å². The normalized spacial score (nSPS) is 18.0. The fourth-order valence-corrected chi connectivity index (χ4v) is 2.52. The van der Waals surface area contributed by atoms with E-state index in [4.69, 9.17) is 14.2 Å². The van der Waals surface area contributed by atoms with Gasteiger partial charge in [-0.2, -0.15) is 0 Å². The molecule has 0 aromatic heterocycles. The summed E-state index contributed by atoms with van der Waals surface area (Å²) in [5.74, 6) is 1.18. The Morgan fingerprint density at radius 3 is 2.52 bits per heavy atom. The highest BCUT2D eigenvalue weighted by atomic mass is 16.5. The van der Waals surface area contributed by atoms with Crippen molar-refractivity contribution in [2.45, 2.75) is 18.9 Å². The van der Waals surface area contributed by atoms with Crippen LogP contribution in [0.15, 0.2) is 12.1 Å². The first kappa shape index (κ1) is 15.4. The van der Waals surface area contributed by atoms with Crippen LogP contribution in [0.25, 0.3) is 0 Å². The number of carbonyl (C=O) groups is 1. The summed E-state index contributed by atoms with van der Waals surface area (Å²) >= 11 is 0. The van der Waals surface area contributed by atoms with Gasteiger partial charge in [0, 0.05) is 12.6 Å². The second kappa shape index (κ2) is 7.17. The van der Waals surface area contributed by atoms with Gasteiger partial charge in [0.2, 0.25) is 5.75 Å². The second-order valence-corrected chi connectivity index (χ2v) is 4.90. The zero-order chi connectivity index (χ0) is 15.2. The molecule has 0 aliphatic carbocycles. The van der Waals surface area contributed by atoms with E-state index in [2.05, 4.69) is 10.6 Å². The van der Waals surface area contributed by atoms with Gasteiger partial charge in [0.1, 0.15) is 0 Å². The molecular formula is C15H22N2O4. The van der Waals surface area contributed by atoms with Crippen molar-refractivity contribution in [3.63, 3.8) is 0 Å². The highest BCUT2D eigenvalue weighted by Crippen LogP contribution is 2.39. The average molecular weight is 294 g/mol. The average Bonchev–Trinajstić information content (AvgIpc) is 2.53. The van der Waals surface area contributed by atoms with Gasteiger partial charge in [-0.25, -0.2) is 0 Å². The highest BCUT2D eigenvalue weighted by Gasteiger charge is 2.23. The molecule has 0 spiro atoms. The van der Waals surface area contributed by atoms with E-state index in [0.29, 0.717) is 22.8 Å². The van der Waals surface area contributed by atoms with Gasteiger partial charge >= 0.3 is 0 Å². The predicted molar refractivity (Wildman–Crippen MR) is 79.5 cm³/mol. The number of ether oxygens (including phenoxy) is 3. The third-order valence-electron chi connectivity index (χ3n) is 3.58. The van der Waals surface area contributed by atoms with Crippen LogP contribution in [0.3, 0.4) is 0 Å². The van der Waals surface area contributed by atoms with Crippen molar-refractivity contribution in [3.05, 3.63) is 17.7 Å². The van der Waals surface area contributed by atoms with Crippen molar-refractivity contribution in [2.75, 3.05) is 34.4 Å². The van der Waals surface area contributed by atoms with Crippen LogP contribution < -0.4 is 24.8 Å². The van der Waals surface area contributed by atoms with Crippen molar-refractivity contribution < 1.29 is 19.0 Å². The van der Waals surface area contributed by atoms with E-state index >= 15 is 0 Å². The maximum absolute atomic E-state index is 12.4. The number of carbonyl (C=O) groups excluding carboxylic acids is 1. The molecule has 116 valence electrons. The number of nitrogens with one attached hydrogen (secondary N) is 2. The Balaban J connectivity index is 2.23. The molecule has 0 radical (unpaired) electrons. The van der Waals surface area contributed by atoms with Gasteiger partial charge < -0.3 is 24.8 Å². The zero-order valence-corrected chi connectivity index (χ0v) is 12.7. The number of hydrogen-bond acceptors (Lipinski definition) is 5.